The SMILES string of the molecule is CSCSC[C@H](CO)NC(=O)/C=C/c1c(CN=[N+]=[N-])n(N)c(=O)[nH]c1=O. The lowest BCUT2D eigenvalue weighted by atomic mass is 10.2. The Morgan fingerprint density at radius 3 is 2.92 bits per heavy atom. The summed E-state index contributed by atoms with van der Waals surface area (Å²) in [7, 11) is 0. The van der Waals surface area contributed by atoms with Crippen LogP contribution in [0.2, 0.25) is 0 Å². The van der Waals surface area contributed by atoms with E-state index in [0.717, 1.165) is 11.2 Å². The molecule has 1 aromatic heterocycles. The molecule has 0 aliphatic heterocycles. The molecule has 1 heterocycles. The van der Waals surface area contributed by atoms with E-state index in [4.69, 9.17) is 11.4 Å². The highest BCUT2D eigenvalue weighted by molar-refractivity contribution is 8.15. The molecule has 1 rings (SSSR count). The molecule has 0 saturated heterocycles. The Bertz CT molecular complexity index is 814. The van der Waals surface area contributed by atoms with E-state index < -0.39 is 23.2 Å². The van der Waals surface area contributed by atoms with Gasteiger partial charge in [-0.2, -0.15) is 11.8 Å². The molecule has 13 heteroatoms. The molecule has 0 fully saturated rings. The van der Waals surface area contributed by atoms with Gasteiger partial charge < -0.3 is 16.3 Å². The van der Waals surface area contributed by atoms with E-state index in [1.54, 1.807) is 23.5 Å². The Kier molecular flexibility index (Phi) is 9.44. The number of nitrogens with two attached hydrogens (primary N) is 1. The number of H-pyrrole nitrogens is 1. The largest absolute Gasteiger partial charge is 0.394 e. The monoisotopic (exact) mass is 401 g/mol. The molecule has 0 radical (unpaired) electrons. The molecule has 5 N–H and O–H groups in total. The Morgan fingerprint density at radius 2 is 2.31 bits per heavy atom. The number of carbonyl (C=O) groups is 1. The van der Waals surface area contributed by atoms with E-state index >= 15 is 0 Å². The number of amides is 1. The number of nitrogen functional groups attached to an aromatic ring is 1. The highest BCUT2D eigenvalue weighted by Gasteiger charge is 2.12. The minimum Gasteiger partial charge on any atom is -0.394 e. The lowest BCUT2D eigenvalue weighted by molar-refractivity contribution is -0.117. The van der Waals surface area contributed by atoms with Crippen molar-refractivity contribution in [2.24, 2.45) is 5.11 Å². The highest BCUT2D eigenvalue weighted by atomic mass is 32.2. The number of aromatic amines is 1. The first-order chi connectivity index (χ1) is 12.4. The Morgan fingerprint density at radius 1 is 1.58 bits per heavy atom. The Hall–Kier alpha value is -2.34. The van der Waals surface area contributed by atoms with Crippen LogP contribution in [0.3, 0.4) is 0 Å². The van der Waals surface area contributed by atoms with Crippen LogP contribution in [0, 0.1) is 0 Å². The molecule has 0 unspecified atom stereocenters. The van der Waals surface area contributed by atoms with Gasteiger partial charge in [0.2, 0.25) is 5.91 Å². The summed E-state index contributed by atoms with van der Waals surface area (Å²) in [5.41, 5.74) is 6.67. The predicted octanol–water partition coefficient (Wildman–Crippen LogP) is -0.395. The summed E-state index contributed by atoms with van der Waals surface area (Å²) in [5, 5.41) is 16.0. The molecule has 1 aromatic rings. The molecule has 26 heavy (non-hydrogen) atoms. The molecular formula is C13H19N7O4S2. The minimum absolute atomic E-state index is 0.0326. The summed E-state index contributed by atoms with van der Waals surface area (Å²) >= 11 is 3.20. The standard InChI is InChI=1S/C13H19N7O4S2/c1-25-7-26-6-8(5-21)17-11(22)3-2-9-10(4-16-19-14)20(15)13(24)18-12(9)23/h2-3,8,21H,4-7,15H2,1H3,(H,17,22)(H,18,23,24)/b3-2+/t8-/m0/s1. The van der Waals surface area contributed by atoms with Crippen molar-refractivity contribution in [1.29, 1.82) is 0 Å². The number of rotatable bonds is 10. The lowest BCUT2D eigenvalue weighted by Crippen LogP contribution is -2.39. The molecule has 1 atom stereocenters. The van der Waals surface area contributed by atoms with Crippen LogP contribution in [0.5, 0.6) is 0 Å². The molecular weight excluding hydrogens is 382 g/mol. The summed E-state index contributed by atoms with van der Waals surface area (Å²) in [5.74, 6) is 5.55. The average Bonchev–Trinajstić information content (AvgIpc) is 2.61. The second kappa shape index (κ2) is 11.3. The number of hydrogen-bond acceptors (Lipinski definition) is 8. The van der Waals surface area contributed by atoms with Crippen LogP contribution in [-0.2, 0) is 11.3 Å². The smallest absolute Gasteiger partial charge is 0.346 e. The number of thioether (sulfide) groups is 2. The summed E-state index contributed by atoms with van der Waals surface area (Å²) in [6.45, 7) is -0.560. The third kappa shape index (κ3) is 6.52. The van der Waals surface area contributed by atoms with Gasteiger partial charge in [0.15, 0.2) is 0 Å². The zero-order valence-corrected chi connectivity index (χ0v) is 15.5. The van der Waals surface area contributed by atoms with Gasteiger partial charge in [-0.25, -0.2) is 9.47 Å². The van der Waals surface area contributed by atoms with Gasteiger partial charge in [0.1, 0.15) is 0 Å². The van der Waals surface area contributed by atoms with Crippen LogP contribution in [0.4, 0.5) is 0 Å². The molecule has 0 saturated carbocycles. The van der Waals surface area contributed by atoms with Gasteiger partial charge in [0.25, 0.3) is 5.56 Å². The van der Waals surface area contributed by atoms with Crippen molar-refractivity contribution in [2.75, 3.05) is 29.5 Å². The number of hydrogen-bond donors (Lipinski definition) is 4. The van der Waals surface area contributed by atoms with E-state index in [0.29, 0.717) is 10.4 Å². The summed E-state index contributed by atoms with van der Waals surface area (Å²) in [6, 6.07) is -0.436. The Labute approximate surface area is 156 Å². The number of aromatic nitrogens is 2. The van der Waals surface area contributed by atoms with Gasteiger partial charge in [0.05, 0.1) is 30.5 Å². The normalized spacial score (nSPS) is 11.9. The fourth-order valence-corrected chi connectivity index (χ4v) is 3.39. The van der Waals surface area contributed by atoms with Gasteiger partial charge in [0, 0.05) is 21.8 Å². The van der Waals surface area contributed by atoms with Crippen molar-refractivity contribution in [3.8, 4) is 0 Å². The van der Waals surface area contributed by atoms with E-state index in [-0.39, 0.29) is 24.4 Å². The quantitative estimate of drug-likeness (QED) is 0.0783. The van der Waals surface area contributed by atoms with Crippen LogP contribution in [0.25, 0.3) is 16.5 Å². The fraction of sp³-hybridized carbons (Fsp3) is 0.462. The second-order valence-electron chi connectivity index (χ2n) is 4.88. The number of azide groups is 1. The molecule has 11 nitrogen and oxygen atoms in total. The molecule has 142 valence electrons. The van der Waals surface area contributed by atoms with Crippen molar-refractivity contribution in [3.05, 3.63) is 48.6 Å². The topological polar surface area (TPSA) is 179 Å². The molecule has 0 spiro atoms. The van der Waals surface area contributed by atoms with Crippen LogP contribution < -0.4 is 22.4 Å². The van der Waals surface area contributed by atoms with E-state index in [1.165, 1.54) is 6.08 Å². The van der Waals surface area contributed by atoms with Gasteiger partial charge in [-0.3, -0.25) is 14.6 Å². The van der Waals surface area contributed by atoms with Gasteiger partial charge in [-0.1, -0.05) is 5.11 Å². The summed E-state index contributed by atoms with van der Waals surface area (Å²) in [6.07, 6.45) is 4.20. The first-order valence-corrected chi connectivity index (χ1v) is 9.79. The maximum atomic E-state index is 12.0. The van der Waals surface area contributed by atoms with Crippen molar-refractivity contribution >= 4 is 35.5 Å². The van der Waals surface area contributed by atoms with Gasteiger partial charge in [-0.05, 0) is 17.9 Å². The first-order valence-electron chi connectivity index (χ1n) is 7.24. The van der Waals surface area contributed by atoms with Crippen LogP contribution in [-0.4, -0.2) is 50.4 Å². The minimum atomic E-state index is -0.870. The number of nitrogens with zero attached hydrogens (tertiary/aromatic N) is 4. The molecule has 0 aliphatic rings. The maximum absolute atomic E-state index is 12.0. The fourth-order valence-electron chi connectivity index (χ4n) is 1.86. The van der Waals surface area contributed by atoms with Crippen molar-refractivity contribution < 1.29 is 9.90 Å². The molecule has 0 aromatic carbocycles. The van der Waals surface area contributed by atoms with Crippen molar-refractivity contribution in [2.45, 2.75) is 12.6 Å². The highest BCUT2D eigenvalue weighted by Crippen LogP contribution is 2.10. The predicted molar refractivity (Wildman–Crippen MR) is 103 cm³/mol. The van der Waals surface area contributed by atoms with E-state index in [1.807, 2.05) is 11.2 Å². The Balaban J connectivity index is 2.97. The first kappa shape index (κ1) is 21.7. The third-order valence-electron chi connectivity index (χ3n) is 3.06. The maximum Gasteiger partial charge on any atom is 0.346 e. The summed E-state index contributed by atoms with van der Waals surface area (Å²) in [4.78, 5) is 40.0. The van der Waals surface area contributed by atoms with Gasteiger partial charge in [-0.15, -0.1) is 11.8 Å². The van der Waals surface area contributed by atoms with Crippen LogP contribution in [0.15, 0.2) is 20.8 Å². The van der Waals surface area contributed by atoms with E-state index in [9.17, 15) is 19.5 Å². The van der Waals surface area contributed by atoms with Crippen molar-refractivity contribution in [3.63, 3.8) is 0 Å². The van der Waals surface area contributed by atoms with Crippen molar-refractivity contribution in [1.82, 2.24) is 15.0 Å². The van der Waals surface area contributed by atoms with Crippen LogP contribution in [0.1, 0.15) is 11.3 Å². The summed E-state index contributed by atoms with van der Waals surface area (Å²) < 4.78 is 0.642. The zero-order chi connectivity index (χ0) is 19.5. The second-order valence-corrected chi connectivity index (χ2v) is 7.14. The average molecular weight is 401 g/mol. The molecule has 0 aliphatic carbocycles. The number of carbonyl (C=O) groups excluding carboxylic acids is 1. The number of aliphatic hydroxyl groups is 1. The van der Waals surface area contributed by atoms with Gasteiger partial charge >= 0.3 is 5.69 Å². The lowest BCUT2D eigenvalue weighted by Gasteiger charge is -2.14. The van der Waals surface area contributed by atoms with Crippen LogP contribution >= 0.6 is 23.5 Å². The zero-order valence-electron chi connectivity index (χ0n) is 13.9. The number of nitrogens with one attached hydrogen (secondary N) is 2. The number of aliphatic hydroxyl groups excluding tert-OH is 1. The third-order valence-corrected chi connectivity index (χ3v) is 5.31. The molecule has 1 amide bonds. The van der Waals surface area contributed by atoms with E-state index in [2.05, 4.69) is 15.3 Å². The molecule has 0 bridgehead atoms.